The smallest absolute Gasteiger partial charge is 0.339 e. The minimum absolute atomic E-state index is 0.158. The molecule has 1 saturated heterocycles. The van der Waals surface area contributed by atoms with Crippen molar-refractivity contribution < 1.29 is 13.9 Å². The standard InChI is InChI=1S/C15H19FN2O2/c1-20-15(19)12-6-13(16)14(17-7-12)18-8-10-4-2-3-5-11(10)9-18/h6-7,10-11H,2-5,8-9H2,1H3/t10-,11?/m0/s1. The Bertz CT molecular complexity index is 507. The molecule has 1 aliphatic heterocycles. The summed E-state index contributed by atoms with van der Waals surface area (Å²) in [6, 6.07) is 1.22. The Balaban J connectivity index is 1.79. The first-order chi connectivity index (χ1) is 9.69. The van der Waals surface area contributed by atoms with Crippen molar-refractivity contribution in [1.29, 1.82) is 0 Å². The highest BCUT2D eigenvalue weighted by molar-refractivity contribution is 5.89. The minimum Gasteiger partial charge on any atom is -0.465 e. The lowest BCUT2D eigenvalue weighted by molar-refractivity contribution is 0.0599. The van der Waals surface area contributed by atoms with Crippen molar-refractivity contribution in [3.8, 4) is 0 Å². The number of carbonyl (C=O) groups is 1. The van der Waals surface area contributed by atoms with Gasteiger partial charge in [0.1, 0.15) is 0 Å². The van der Waals surface area contributed by atoms with Crippen LogP contribution in [0.4, 0.5) is 10.2 Å². The summed E-state index contributed by atoms with van der Waals surface area (Å²) in [6.07, 6.45) is 6.44. The molecule has 2 aliphatic rings. The number of nitrogens with zero attached hydrogens (tertiary/aromatic N) is 2. The molecule has 0 spiro atoms. The summed E-state index contributed by atoms with van der Waals surface area (Å²) >= 11 is 0. The third-order valence-electron chi connectivity index (χ3n) is 4.52. The predicted octanol–water partition coefficient (Wildman–Crippen LogP) is 2.63. The number of anilines is 1. The van der Waals surface area contributed by atoms with E-state index in [-0.39, 0.29) is 5.56 Å². The van der Waals surface area contributed by atoms with Gasteiger partial charge >= 0.3 is 5.97 Å². The van der Waals surface area contributed by atoms with Gasteiger partial charge in [0, 0.05) is 19.3 Å². The summed E-state index contributed by atoms with van der Waals surface area (Å²) in [4.78, 5) is 17.5. The molecule has 2 heterocycles. The van der Waals surface area contributed by atoms with Crippen molar-refractivity contribution in [2.24, 2.45) is 11.8 Å². The monoisotopic (exact) mass is 278 g/mol. The van der Waals surface area contributed by atoms with Gasteiger partial charge in [0.25, 0.3) is 0 Å². The third kappa shape index (κ3) is 2.37. The fourth-order valence-corrected chi connectivity index (χ4v) is 3.47. The van der Waals surface area contributed by atoms with Gasteiger partial charge in [-0.2, -0.15) is 0 Å². The van der Waals surface area contributed by atoms with Crippen molar-refractivity contribution in [3.05, 3.63) is 23.6 Å². The fourth-order valence-electron chi connectivity index (χ4n) is 3.47. The summed E-state index contributed by atoms with van der Waals surface area (Å²) in [5.41, 5.74) is 0.158. The van der Waals surface area contributed by atoms with Crippen LogP contribution in [-0.2, 0) is 4.74 Å². The molecule has 0 radical (unpaired) electrons. The number of pyridine rings is 1. The molecule has 0 amide bonds. The molecule has 0 bridgehead atoms. The Morgan fingerprint density at radius 1 is 1.35 bits per heavy atom. The minimum atomic E-state index is -0.557. The predicted molar refractivity (Wildman–Crippen MR) is 73.2 cm³/mol. The number of hydrogen-bond donors (Lipinski definition) is 0. The van der Waals surface area contributed by atoms with Crippen LogP contribution in [0.3, 0.4) is 0 Å². The lowest BCUT2D eigenvalue weighted by Gasteiger charge is -2.22. The number of rotatable bonds is 2. The van der Waals surface area contributed by atoms with E-state index in [1.807, 2.05) is 4.90 Å². The molecule has 1 aliphatic carbocycles. The molecule has 0 aromatic carbocycles. The SMILES string of the molecule is COC(=O)c1cnc(N2CC3CCCC[C@H]3C2)c(F)c1. The molecule has 5 heteroatoms. The molecule has 4 nitrogen and oxygen atoms in total. The second kappa shape index (κ2) is 5.38. The lowest BCUT2D eigenvalue weighted by Crippen LogP contribution is -2.22. The first-order valence-corrected chi connectivity index (χ1v) is 7.18. The number of hydrogen-bond acceptors (Lipinski definition) is 4. The van der Waals surface area contributed by atoms with E-state index in [0.29, 0.717) is 17.7 Å². The Morgan fingerprint density at radius 2 is 2.00 bits per heavy atom. The van der Waals surface area contributed by atoms with Crippen LogP contribution < -0.4 is 4.90 Å². The molecule has 3 rings (SSSR count). The topological polar surface area (TPSA) is 42.4 Å². The molecule has 1 unspecified atom stereocenters. The first kappa shape index (κ1) is 13.3. The largest absolute Gasteiger partial charge is 0.465 e. The molecule has 0 N–H and O–H groups in total. The van der Waals surface area contributed by atoms with Gasteiger partial charge in [0.2, 0.25) is 0 Å². The van der Waals surface area contributed by atoms with Crippen LogP contribution in [0.1, 0.15) is 36.0 Å². The normalized spacial score (nSPS) is 25.4. The van der Waals surface area contributed by atoms with Crippen molar-refractivity contribution in [3.63, 3.8) is 0 Å². The van der Waals surface area contributed by atoms with E-state index in [9.17, 15) is 9.18 Å². The number of fused-ring (bicyclic) bond motifs is 1. The number of methoxy groups -OCH3 is 1. The van der Waals surface area contributed by atoms with Gasteiger partial charge in [-0.15, -0.1) is 0 Å². The van der Waals surface area contributed by atoms with Crippen LogP contribution in [0.2, 0.25) is 0 Å². The zero-order chi connectivity index (χ0) is 14.1. The third-order valence-corrected chi connectivity index (χ3v) is 4.52. The van der Waals surface area contributed by atoms with E-state index >= 15 is 0 Å². The molecule has 20 heavy (non-hydrogen) atoms. The van der Waals surface area contributed by atoms with E-state index in [4.69, 9.17) is 0 Å². The number of ether oxygens (including phenoxy) is 1. The maximum Gasteiger partial charge on any atom is 0.339 e. The Labute approximate surface area is 117 Å². The van der Waals surface area contributed by atoms with E-state index in [1.165, 1.54) is 45.1 Å². The van der Waals surface area contributed by atoms with Crippen molar-refractivity contribution in [2.75, 3.05) is 25.1 Å². The van der Waals surface area contributed by atoms with Gasteiger partial charge in [-0.1, -0.05) is 12.8 Å². The van der Waals surface area contributed by atoms with Crippen molar-refractivity contribution in [2.45, 2.75) is 25.7 Å². The van der Waals surface area contributed by atoms with Crippen LogP contribution in [0, 0.1) is 17.7 Å². The summed E-state index contributed by atoms with van der Waals surface area (Å²) < 4.78 is 18.7. The number of esters is 1. The molecule has 2 atom stereocenters. The molecular weight excluding hydrogens is 259 g/mol. The summed E-state index contributed by atoms with van der Waals surface area (Å²) in [5, 5.41) is 0. The highest BCUT2D eigenvalue weighted by Gasteiger charge is 2.35. The Hall–Kier alpha value is -1.65. The highest BCUT2D eigenvalue weighted by Crippen LogP contribution is 2.38. The van der Waals surface area contributed by atoms with Crippen LogP contribution in [0.5, 0.6) is 0 Å². The first-order valence-electron chi connectivity index (χ1n) is 7.18. The average molecular weight is 278 g/mol. The van der Waals surface area contributed by atoms with Gasteiger partial charge < -0.3 is 9.64 Å². The van der Waals surface area contributed by atoms with Gasteiger partial charge in [0.15, 0.2) is 11.6 Å². The molecule has 1 aromatic heterocycles. The number of carbonyl (C=O) groups excluding carboxylic acids is 1. The van der Waals surface area contributed by atoms with E-state index < -0.39 is 11.8 Å². The molecule has 108 valence electrons. The quantitative estimate of drug-likeness (QED) is 0.780. The average Bonchev–Trinajstić information content (AvgIpc) is 2.89. The molecule has 1 aromatic rings. The molecule has 1 saturated carbocycles. The summed E-state index contributed by atoms with van der Waals surface area (Å²) in [6.45, 7) is 1.76. The van der Waals surface area contributed by atoms with Crippen LogP contribution in [0.15, 0.2) is 12.3 Å². The molecule has 2 fully saturated rings. The summed E-state index contributed by atoms with van der Waals surface area (Å²) in [7, 11) is 1.28. The number of aromatic nitrogens is 1. The number of halogens is 1. The van der Waals surface area contributed by atoms with Crippen LogP contribution in [-0.4, -0.2) is 31.2 Å². The second-order valence-electron chi connectivity index (χ2n) is 5.73. The molecular formula is C15H19FN2O2. The van der Waals surface area contributed by atoms with Crippen LogP contribution >= 0.6 is 0 Å². The van der Waals surface area contributed by atoms with Crippen LogP contribution in [0.25, 0.3) is 0 Å². The van der Waals surface area contributed by atoms with Gasteiger partial charge in [-0.25, -0.2) is 14.2 Å². The van der Waals surface area contributed by atoms with Gasteiger partial charge in [-0.3, -0.25) is 0 Å². The van der Waals surface area contributed by atoms with E-state index in [1.54, 1.807) is 0 Å². The zero-order valence-corrected chi connectivity index (χ0v) is 11.6. The maximum atomic E-state index is 14.2. The Morgan fingerprint density at radius 3 is 2.55 bits per heavy atom. The van der Waals surface area contributed by atoms with E-state index in [2.05, 4.69) is 9.72 Å². The van der Waals surface area contributed by atoms with Crippen molar-refractivity contribution >= 4 is 11.8 Å². The van der Waals surface area contributed by atoms with E-state index in [0.717, 1.165) is 13.1 Å². The highest BCUT2D eigenvalue weighted by atomic mass is 19.1. The Kier molecular flexibility index (Phi) is 3.59. The van der Waals surface area contributed by atoms with Gasteiger partial charge in [-0.05, 0) is 30.7 Å². The van der Waals surface area contributed by atoms with Crippen molar-refractivity contribution in [1.82, 2.24) is 4.98 Å². The van der Waals surface area contributed by atoms with Gasteiger partial charge in [0.05, 0.1) is 12.7 Å². The fraction of sp³-hybridized carbons (Fsp3) is 0.600. The second-order valence-corrected chi connectivity index (χ2v) is 5.73. The zero-order valence-electron chi connectivity index (χ0n) is 11.6. The lowest BCUT2D eigenvalue weighted by atomic mass is 9.82. The summed E-state index contributed by atoms with van der Waals surface area (Å²) in [5.74, 6) is 0.715. The maximum absolute atomic E-state index is 14.2.